The van der Waals surface area contributed by atoms with Gasteiger partial charge in [0.05, 0.1) is 0 Å². The number of hydrazine groups is 1. The van der Waals surface area contributed by atoms with E-state index in [-0.39, 0.29) is 18.5 Å². The summed E-state index contributed by atoms with van der Waals surface area (Å²) in [6.07, 6.45) is 0.778. The van der Waals surface area contributed by atoms with E-state index in [4.69, 9.17) is 5.84 Å². The molecule has 1 aromatic rings. The van der Waals surface area contributed by atoms with Gasteiger partial charge in [-0.05, 0) is 25.0 Å². The van der Waals surface area contributed by atoms with Crippen molar-refractivity contribution in [2.45, 2.75) is 13.3 Å². The van der Waals surface area contributed by atoms with Crippen molar-refractivity contribution in [3.8, 4) is 0 Å². The molecule has 1 heterocycles. The van der Waals surface area contributed by atoms with Gasteiger partial charge in [-0.25, -0.2) is 10.6 Å². The van der Waals surface area contributed by atoms with E-state index in [2.05, 4.69) is 5.32 Å². The monoisotopic (exact) mass is 262 g/mol. The number of hydrogen-bond donors (Lipinski definition) is 2. The van der Waals surface area contributed by atoms with E-state index >= 15 is 0 Å². The van der Waals surface area contributed by atoms with Gasteiger partial charge in [-0.3, -0.25) is 9.80 Å². The van der Waals surface area contributed by atoms with Crippen molar-refractivity contribution in [3.63, 3.8) is 0 Å². The summed E-state index contributed by atoms with van der Waals surface area (Å²) in [5.41, 5.74) is 1.75. The van der Waals surface area contributed by atoms with Gasteiger partial charge in [0.15, 0.2) is 0 Å². The SMILES string of the molecule is Cc1ccccc1NC(=O)CN1CCCN(N)C1=O. The number of benzene rings is 1. The average molecular weight is 262 g/mol. The molecule has 102 valence electrons. The molecule has 0 atom stereocenters. The number of carbonyl (C=O) groups excluding carboxylic acids is 2. The second-order valence-electron chi connectivity index (χ2n) is 4.61. The van der Waals surface area contributed by atoms with Crippen LogP contribution in [-0.2, 0) is 4.79 Å². The first-order valence-corrected chi connectivity index (χ1v) is 6.24. The molecule has 6 heteroatoms. The molecule has 0 aliphatic carbocycles. The van der Waals surface area contributed by atoms with E-state index in [1.807, 2.05) is 31.2 Å². The predicted octanol–water partition coefficient (Wildman–Crippen LogP) is 0.935. The Morgan fingerprint density at radius 2 is 2.11 bits per heavy atom. The fraction of sp³-hybridized carbons (Fsp3) is 0.385. The summed E-state index contributed by atoms with van der Waals surface area (Å²) in [7, 11) is 0. The van der Waals surface area contributed by atoms with Gasteiger partial charge >= 0.3 is 6.03 Å². The summed E-state index contributed by atoms with van der Waals surface area (Å²) in [5, 5.41) is 3.94. The maximum Gasteiger partial charge on any atom is 0.334 e. The number of urea groups is 1. The van der Waals surface area contributed by atoms with E-state index in [1.165, 1.54) is 4.90 Å². The smallest absolute Gasteiger partial charge is 0.324 e. The first-order chi connectivity index (χ1) is 9.08. The van der Waals surface area contributed by atoms with Gasteiger partial charge in [0.2, 0.25) is 5.91 Å². The van der Waals surface area contributed by atoms with Crippen LogP contribution in [0.5, 0.6) is 0 Å². The van der Waals surface area contributed by atoms with E-state index < -0.39 is 0 Å². The average Bonchev–Trinajstić information content (AvgIpc) is 2.38. The molecule has 0 aromatic heterocycles. The highest BCUT2D eigenvalue weighted by atomic mass is 16.2. The summed E-state index contributed by atoms with van der Waals surface area (Å²) in [6, 6.07) is 7.22. The number of rotatable bonds is 3. The molecule has 0 saturated carbocycles. The van der Waals surface area contributed by atoms with Crippen LogP contribution < -0.4 is 11.2 Å². The number of aryl methyl sites for hydroxylation is 1. The molecule has 2 rings (SSSR count). The van der Waals surface area contributed by atoms with Crippen molar-refractivity contribution in [2.24, 2.45) is 5.84 Å². The molecule has 1 aromatic carbocycles. The lowest BCUT2D eigenvalue weighted by Crippen LogP contribution is -2.54. The van der Waals surface area contributed by atoms with E-state index in [0.717, 1.165) is 22.7 Å². The van der Waals surface area contributed by atoms with Crippen molar-refractivity contribution in [1.82, 2.24) is 9.91 Å². The van der Waals surface area contributed by atoms with Crippen molar-refractivity contribution < 1.29 is 9.59 Å². The van der Waals surface area contributed by atoms with Crippen LogP contribution in [0.4, 0.5) is 10.5 Å². The highest BCUT2D eigenvalue weighted by molar-refractivity contribution is 5.94. The first-order valence-electron chi connectivity index (χ1n) is 6.24. The van der Waals surface area contributed by atoms with Crippen LogP contribution in [0.1, 0.15) is 12.0 Å². The van der Waals surface area contributed by atoms with Crippen LogP contribution in [-0.4, -0.2) is 41.5 Å². The van der Waals surface area contributed by atoms with Crippen LogP contribution in [0.15, 0.2) is 24.3 Å². The number of nitrogens with zero attached hydrogens (tertiary/aromatic N) is 2. The number of nitrogens with two attached hydrogens (primary N) is 1. The molecule has 6 nitrogen and oxygen atoms in total. The second kappa shape index (κ2) is 5.71. The normalized spacial score (nSPS) is 15.6. The summed E-state index contributed by atoms with van der Waals surface area (Å²) < 4.78 is 0. The fourth-order valence-corrected chi connectivity index (χ4v) is 2.03. The predicted molar refractivity (Wildman–Crippen MR) is 72.3 cm³/mol. The van der Waals surface area contributed by atoms with Crippen molar-refractivity contribution in [1.29, 1.82) is 0 Å². The number of amides is 3. The minimum atomic E-state index is -0.300. The maximum absolute atomic E-state index is 11.9. The third-order valence-electron chi connectivity index (χ3n) is 3.10. The lowest BCUT2D eigenvalue weighted by molar-refractivity contribution is -0.117. The number of anilines is 1. The molecular weight excluding hydrogens is 244 g/mol. The fourth-order valence-electron chi connectivity index (χ4n) is 2.03. The second-order valence-corrected chi connectivity index (χ2v) is 4.61. The molecule has 1 saturated heterocycles. The molecule has 0 radical (unpaired) electrons. The standard InChI is InChI=1S/C13H18N4O2/c1-10-5-2-3-6-11(10)15-12(18)9-16-7-4-8-17(14)13(16)19/h2-3,5-6H,4,7-9,14H2,1H3,(H,15,18). The Morgan fingerprint density at radius 3 is 2.84 bits per heavy atom. The Hall–Kier alpha value is -2.08. The van der Waals surface area contributed by atoms with Gasteiger partial charge in [0.1, 0.15) is 6.54 Å². The number of nitrogens with one attached hydrogen (secondary N) is 1. The molecule has 1 aliphatic rings. The largest absolute Gasteiger partial charge is 0.334 e. The van der Waals surface area contributed by atoms with Crippen LogP contribution in [0, 0.1) is 6.92 Å². The Bertz CT molecular complexity index is 489. The van der Waals surface area contributed by atoms with E-state index in [9.17, 15) is 9.59 Å². The minimum absolute atomic E-state index is 0.0286. The Labute approximate surface area is 112 Å². The summed E-state index contributed by atoms with van der Waals surface area (Å²) in [6.45, 7) is 3.05. The quantitative estimate of drug-likeness (QED) is 0.628. The Kier molecular flexibility index (Phi) is 4.01. The van der Waals surface area contributed by atoms with Gasteiger partial charge in [-0.1, -0.05) is 18.2 Å². The van der Waals surface area contributed by atoms with Gasteiger partial charge < -0.3 is 10.2 Å². The summed E-state index contributed by atoms with van der Waals surface area (Å²) in [4.78, 5) is 25.1. The maximum atomic E-state index is 11.9. The van der Waals surface area contributed by atoms with E-state index in [0.29, 0.717) is 13.1 Å². The third-order valence-corrected chi connectivity index (χ3v) is 3.10. The Balaban J connectivity index is 1.94. The van der Waals surface area contributed by atoms with Crippen molar-refractivity contribution in [2.75, 3.05) is 25.0 Å². The summed E-state index contributed by atoms with van der Waals surface area (Å²) in [5.74, 6) is 5.32. The minimum Gasteiger partial charge on any atom is -0.324 e. The van der Waals surface area contributed by atoms with Crippen LogP contribution in [0.25, 0.3) is 0 Å². The highest BCUT2D eigenvalue weighted by Crippen LogP contribution is 2.13. The van der Waals surface area contributed by atoms with Crippen molar-refractivity contribution in [3.05, 3.63) is 29.8 Å². The summed E-state index contributed by atoms with van der Waals surface area (Å²) >= 11 is 0. The molecular formula is C13H18N4O2. The zero-order valence-corrected chi connectivity index (χ0v) is 10.9. The lowest BCUT2D eigenvalue weighted by Gasteiger charge is -2.32. The molecule has 0 spiro atoms. The zero-order chi connectivity index (χ0) is 13.8. The van der Waals surface area contributed by atoms with Gasteiger partial charge in [-0.2, -0.15) is 0 Å². The topological polar surface area (TPSA) is 78.7 Å². The molecule has 3 N–H and O–H groups in total. The van der Waals surface area contributed by atoms with Crippen molar-refractivity contribution >= 4 is 17.6 Å². The Morgan fingerprint density at radius 1 is 1.37 bits per heavy atom. The van der Waals surface area contributed by atoms with Gasteiger partial charge in [0.25, 0.3) is 0 Å². The van der Waals surface area contributed by atoms with Crippen LogP contribution >= 0.6 is 0 Å². The molecule has 1 aliphatic heterocycles. The first kappa shape index (κ1) is 13.4. The molecule has 1 fully saturated rings. The number of hydrogen-bond acceptors (Lipinski definition) is 3. The van der Waals surface area contributed by atoms with Gasteiger partial charge in [0, 0.05) is 18.8 Å². The van der Waals surface area contributed by atoms with Gasteiger partial charge in [-0.15, -0.1) is 0 Å². The van der Waals surface area contributed by atoms with Crippen LogP contribution in [0.2, 0.25) is 0 Å². The molecule has 3 amide bonds. The lowest BCUT2D eigenvalue weighted by atomic mass is 10.2. The number of carbonyl (C=O) groups is 2. The zero-order valence-electron chi connectivity index (χ0n) is 10.9. The number of para-hydroxylation sites is 1. The van der Waals surface area contributed by atoms with Crippen LogP contribution in [0.3, 0.4) is 0 Å². The third kappa shape index (κ3) is 3.23. The molecule has 19 heavy (non-hydrogen) atoms. The molecule has 0 unspecified atom stereocenters. The van der Waals surface area contributed by atoms with E-state index in [1.54, 1.807) is 0 Å². The highest BCUT2D eigenvalue weighted by Gasteiger charge is 2.25. The molecule has 0 bridgehead atoms.